The summed E-state index contributed by atoms with van der Waals surface area (Å²) in [6.07, 6.45) is 4.30. The van der Waals surface area contributed by atoms with E-state index in [9.17, 15) is 14.7 Å². The van der Waals surface area contributed by atoms with Crippen LogP contribution in [-0.2, 0) is 9.59 Å². The molecular weight excluding hydrogens is 302 g/mol. The first-order valence-electron chi connectivity index (χ1n) is 9.58. The molecule has 2 N–H and O–H groups in total. The zero-order valence-corrected chi connectivity index (χ0v) is 16.6. The Morgan fingerprint density at radius 2 is 1.50 bits per heavy atom. The number of Topliss-reactive ketones (excluding diaryl/α,β-unsaturated/α-hetero) is 1. The molecule has 2 unspecified atom stereocenters. The van der Waals surface area contributed by atoms with Crippen LogP contribution >= 0.6 is 0 Å². The molecular formula is C20H39NO3. The van der Waals surface area contributed by atoms with Crippen molar-refractivity contribution in [1.82, 2.24) is 5.32 Å². The van der Waals surface area contributed by atoms with Crippen LogP contribution in [0.4, 0.5) is 0 Å². The average molecular weight is 342 g/mol. The van der Waals surface area contributed by atoms with E-state index >= 15 is 0 Å². The van der Waals surface area contributed by atoms with Gasteiger partial charge in [0.15, 0.2) is 0 Å². The molecule has 2 atom stereocenters. The molecule has 0 fully saturated rings. The Bertz CT molecular complexity index is 364. The predicted octanol–water partition coefficient (Wildman–Crippen LogP) is 3.96. The predicted molar refractivity (Wildman–Crippen MR) is 99.7 cm³/mol. The normalized spacial score (nSPS) is 14.2. The van der Waals surface area contributed by atoms with Crippen molar-refractivity contribution in [3.8, 4) is 0 Å². The molecule has 0 radical (unpaired) electrons. The number of aliphatic hydroxyl groups is 1. The lowest BCUT2D eigenvalue weighted by molar-refractivity contribution is -0.131. The summed E-state index contributed by atoms with van der Waals surface area (Å²) in [6, 6.07) is -0.219. The van der Waals surface area contributed by atoms with Crippen molar-refractivity contribution in [2.24, 2.45) is 23.7 Å². The fraction of sp³-hybridized carbons (Fsp3) is 0.900. The number of hydrogen-bond acceptors (Lipinski definition) is 3. The van der Waals surface area contributed by atoms with Crippen LogP contribution in [0.1, 0.15) is 80.1 Å². The third kappa shape index (κ3) is 11.6. The van der Waals surface area contributed by atoms with E-state index in [-0.39, 0.29) is 30.3 Å². The van der Waals surface area contributed by atoms with Crippen LogP contribution in [0.3, 0.4) is 0 Å². The van der Waals surface area contributed by atoms with Crippen molar-refractivity contribution < 1.29 is 14.7 Å². The zero-order valence-electron chi connectivity index (χ0n) is 16.6. The first-order valence-corrected chi connectivity index (χ1v) is 9.58. The maximum absolute atomic E-state index is 12.6. The van der Waals surface area contributed by atoms with Gasteiger partial charge in [0.05, 0.1) is 12.6 Å². The number of carbonyl (C=O) groups is 2. The first-order chi connectivity index (χ1) is 11.1. The van der Waals surface area contributed by atoms with E-state index in [1.807, 2.05) is 0 Å². The van der Waals surface area contributed by atoms with Crippen LogP contribution in [0.15, 0.2) is 0 Å². The topological polar surface area (TPSA) is 66.4 Å². The molecule has 24 heavy (non-hydrogen) atoms. The van der Waals surface area contributed by atoms with Crippen LogP contribution in [0.25, 0.3) is 0 Å². The number of hydrogen-bond donors (Lipinski definition) is 2. The summed E-state index contributed by atoms with van der Waals surface area (Å²) in [5.41, 5.74) is 0. The van der Waals surface area contributed by atoms with E-state index in [0.29, 0.717) is 37.0 Å². The van der Waals surface area contributed by atoms with Crippen LogP contribution in [0.2, 0.25) is 0 Å². The summed E-state index contributed by atoms with van der Waals surface area (Å²) >= 11 is 0. The van der Waals surface area contributed by atoms with Crippen molar-refractivity contribution in [1.29, 1.82) is 0 Å². The number of rotatable bonds is 13. The van der Waals surface area contributed by atoms with Crippen LogP contribution in [0.5, 0.6) is 0 Å². The lowest BCUT2D eigenvalue weighted by Crippen LogP contribution is -2.42. The lowest BCUT2D eigenvalue weighted by Gasteiger charge is -2.23. The van der Waals surface area contributed by atoms with Crippen molar-refractivity contribution in [2.45, 2.75) is 86.1 Å². The number of amides is 1. The maximum Gasteiger partial charge on any atom is 0.223 e. The fourth-order valence-electron chi connectivity index (χ4n) is 3.00. The SMILES string of the molecule is CC(C)CCCC(=O)CC(CC(C)C)C(=O)NC(CO)CC(C)C. The summed E-state index contributed by atoms with van der Waals surface area (Å²) in [5.74, 6) is 1.19. The van der Waals surface area contributed by atoms with Gasteiger partial charge in [0.25, 0.3) is 0 Å². The van der Waals surface area contributed by atoms with Gasteiger partial charge in [0.1, 0.15) is 5.78 Å². The van der Waals surface area contributed by atoms with E-state index < -0.39 is 0 Å². The molecule has 0 aromatic rings. The zero-order chi connectivity index (χ0) is 18.7. The summed E-state index contributed by atoms with van der Waals surface area (Å²) in [4.78, 5) is 24.8. The molecule has 0 rings (SSSR count). The van der Waals surface area contributed by atoms with Gasteiger partial charge >= 0.3 is 0 Å². The highest BCUT2D eigenvalue weighted by atomic mass is 16.3. The average Bonchev–Trinajstić information content (AvgIpc) is 2.44. The standard InChI is InChI=1S/C20H39NO3/c1-14(2)8-7-9-19(23)12-17(10-15(3)4)20(24)21-18(13-22)11-16(5)6/h14-18,22H,7-13H2,1-6H3,(H,21,24). The van der Waals surface area contributed by atoms with Crippen molar-refractivity contribution in [3.63, 3.8) is 0 Å². The molecule has 0 saturated carbocycles. The van der Waals surface area contributed by atoms with Gasteiger partial charge < -0.3 is 10.4 Å². The van der Waals surface area contributed by atoms with Gasteiger partial charge in [0, 0.05) is 18.8 Å². The molecule has 1 amide bonds. The number of ketones is 1. The van der Waals surface area contributed by atoms with E-state index in [1.54, 1.807) is 0 Å². The van der Waals surface area contributed by atoms with Gasteiger partial charge in [-0.2, -0.15) is 0 Å². The first kappa shape index (κ1) is 23.1. The van der Waals surface area contributed by atoms with Gasteiger partial charge in [-0.15, -0.1) is 0 Å². The molecule has 4 nitrogen and oxygen atoms in total. The van der Waals surface area contributed by atoms with Crippen LogP contribution < -0.4 is 5.32 Å². The monoisotopic (exact) mass is 341 g/mol. The Hall–Kier alpha value is -0.900. The van der Waals surface area contributed by atoms with Gasteiger partial charge in [-0.1, -0.05) is 48.0 Å². The highest BCUT2D eigenvalue weighted by molar-refractivity contribution is 5.86. The minimum absolute atomic E-state index is 0.0549. The molecule has 0 bridgehead atoms. The maximum atomic E-state index is 12.6. The minimum atomic E-state index is -0.280. The fourth-order valence-corrected chi connectivity index (χ4v) is 3.00. The second-order valence-electron chi connectivity index (χ2n) is 8.37. The second-order valence-corrected chi connectivity index (χ2v) is 8.37. The third-order valence-corrected chi connectivity index (χ3v) is 4.16. The number of aliphatic hydroxyl groups excluding tert-OH is 1. The molecule has 0 aliphatic rings. The van der Waals surface area contributed by atoms with E-state index in [2.05, 4.69) is 46.9 Å². The third-order valence-electron chi connectivity index (χ3n) is 4.16. The van der Waals surface area contributed by atoms with Gasteiger partial charge in [-0.25, -0.2) is 0 Å². The van der Waals surface area contributed by atoms with E-state index in [4.69, 9.17) is 0 Å². The lowest BCUT2D eigenvalue weighted by atomic mass is 9.89. The Labute approximate surface area is 148 Å². The van der Waals surface area contributed by atoms with Crippen molar-refractivity contribution in [2.75, 3.05) is 6.61 Å². The quantitative estimate of drug-likeness (QED) is 0.533. The Morgan fingerprint density at radius 1 is 0.917 bits per heavy atom. The molecule has 142 valence electrons. The van der Waals surface area contributed by atoms with Crippen LogP contribution in [0, 0.1) is 23.7 Å². The summed E-state index contributed by atoms with van der Waals surface area (Å²) in [6.45, 7) is 12.5. The molecule has 4 heteroatoms. The largest absolute Gasteiger partial charge is 0.394 e. The molecule has 0 spiro atoms. The van der Waals surface area contributed by atoms with Gasteiger partial charge in [0.2, 0.25) is 5.91 Å². The Balaban J connectivity index is 4.62. The van der Waals surface area contributed by atoms with Gasteiger partial charge in [-0.3, -0.25) is 9.59 Å². The highest BCUT2D eigenvalue weighted by Crippen LogP contribution is 2.19. The molecule has 0 saturated heterocycles. The second kappa shape index (κ2) is 12.5. The summed E-state index contributed by atoms with van der Waals surface area (Å²) in [5, 5.41) is 12.4. The smallest absolute Gasteiger partial charge is 0.223 e. The summed E-state index contributed by atoms with van der Waals surface area (Å²) in [7, 11) is 0. The molecule has 0 heterocycles. The Kier molecular flexibility index (Phi) is 12.0. The summed E-state index contributed by atoms with van der Waals surface area (Å²) < 4.78 is 0. The molecule has 0 aliphatic heterocycles. The highest BCUT2D eigenvalue weighted by Gasteiger charge is 2.25. The van der Waals surface area contributed by atoms with E-state index in [1.165, 1.54) is 0 Å². The van der Waals surface area contributed by atoms with Gasteiger partial charge in [-0.05, 0) is 37.0 Å². The molecule has 0 aromatic heterocycles. The van der Waals surface area contributed by atoms with Crippen molar-refractivity contribution >= 4 is 11.7 Å². The molecule has 0 aromatic carbocycles. The van der Waals surface area contributed by atoms with E-state index in [0.717, 1.165) is 19.3 Å². The molecule has 0 aliphatic carbocycles. The number of carbonyl (C=O) groups excluding carboxylic acids is 2. The van der Waals surface area contributed by atoms with Crippen molar-refractivity contribution in [3.05, 3.63) is 0 Å². The Morgan fingerprint density at radius 3 is 1.96 bits per heavy atom. The number of nitrogens with one attached hydrogen (secondary N) is 1. The van der Waals surface area contributed by atoms with Crippen LogP contribution in [-0.4, -0.2) is 29.4 Å². The minimum Gasteiger partial charge on any atom is -0.394 e.